The number of hydrogen-bond donors (Lipinski definition) is 0. The van der Waals surface area contributed by atoms with Gasteiger partial charge in [-0.3, -0.25) is 0 Å². The third-order valence-corrected chi connectivity index (χ3v) is 2.58. The molecule has 0 unspecified atom stereocenters. The Bertz CT molecular complexity index is 228. The summed E-state index contributed by atoms with van der Waals surface area (Å²) >= 11 is 0. The third-order valence-electron chi connectivity index (χ3n) is 2.58. The molecule has 0 atom stereocenters. The van der Waals surface area contributed by atoms with Gasteiger partial charge >= 0.3 is 0 Å². The van der Waals surface area contributed by atoms with Crippen LogP contribution in [0.2, 0.25) is 0 Å². The van der Waals surface area contributed by atoms with Crippen molar-refractivity contribution in [2.24, 2.45) is 5.92 Å². The maximum Gasteiger partial charge on any atom is -0.0161 e. The molecule has 0 aromatic rings. The van der Waals surface area contributed by atoms with Crippen LogP contribution in [-0.4, -0.2) is 0 Å². The van der Waals surface area contributed by atoms with Crippen LogP contribution in [0.25, 0.3) is 0 Å². The molecule has 0 aromatic carbocycles. The summed E-state index contributed by atoms with van der Waals surface area (Å²) in [5.74, 6) is 0.834. The van der Waals surface area contributed by atoms with E-state index in [0.717, 1.165) is 12.3 Å². The maximum atomic E-state index is 3.74. The lowest BCUT2D eigenvalue weighted by atomic mass is 10.0. The molecule has 0 spiro atoms. The predicted molar refractivity (Wildman–Crippen MR) is 71.0 cm³/mol. The van der Waals surface area contributed by atoms with E-state index in [4.69, 9.17) is 0 Å². The Labute approximate surface area is 95.8 Å². The summed E-state index contributed by atoms with van der Waals surface area (Å²) in [4.78, 5) is 0. The van der Waals surface area contributed by atoms with Crippen molar-refractivity contribution in [3.05, 3.63) is 36.0 Å². The van der Waals surface area contributed by atoms with Crippen LogP contribution in [0.4, 0.5) is 0 Å². The van der Waals surface area contributed by atoms with Crippen LogP contribution in [0.15, 0.2) is 36.0 Å². The molecular weight excluding hydrogens is 180 g/mol. The first-order valence-corrected chi connectivity index (χ1v) is 6.01. The minimum absolute atomic E-state index is 0.834. The van der Waals surface area contributed by atoms with Gasteiger partial charge in [0, 0.05) is 0 Å². The molecule has 15 heavy (non-hydrogen) atoms. The first-order valence-electron chi connectivity index (χ1n) is 6.01. The standard InChI is InChI=1S/C15H26/c1-6-14(4)10-8-12-15(5)11-7-9-13(2)3/h6,10,12-13H,1,7-9,11H2,2-5H3/b14-10+,15-12-. The van der Waals surface area contributed by atoms with Gasteiger partial charge in [0.25, 0.3) is 0 Å². The molecule has 0 aliphatic carbocycles. The Balaban J connectivity index is 3.74. The largest absolute Gasteiger partial charge is 0.0988 e. The molecule has 0 nitrogen and oxygen atoms in total. The molecule has 0 heterocycles. The fourth-order valence-corrected chi connectivity index (χ4v) is 1.42. The minimum atomic E-state index is 0.834. The third kappa shape index (κ3) is 9.52. The second-order valence-electron chi connectivity index (χ2n) is 4.72. The SMILES string of the molecule is C=C/C(C)=C/C/C=C(/C)CCCC(C)C. The fraction of sp³-hybridized carbons (Fsp3) is 0.600. The monoisotopic (exact) mass is 206 g/mol. The van der Waals surface area contributed by atoms with Gasteiger partial charge < -0.3 is 0 Å². The molecule has 0 fully saturated rings. The van der Waals surface area contributed by atoms with Crippen molar-refractivity contribution in [2.75, 3.05) is 0 Å². The van der Waals surface area contributed by atoms with Crippen LogP contribution in [0.5, 0.6) is 0 Å². The minimum Gasteiger partial charge on any atom is -0.0988 e. The molecule has 0 saturated carbocycles. The smallest absolute Gasteiger partial charge is 0.0161 e. The van der Waals surface area contributed by atoms with Crippen LogP contribution in [0.1, 0.15) is 53.4 Å². The Morgan fingerprint density at radius 3 is 2.40 bits per heavy atom. The van der Waals surface area contributed by atoms with Crippen LogP contribution >= 0.6 is 0 Å². The van der Waals surface area contributed by atoms with E-state index in [1.807, 2.05) is 6.08 Å². The maximum absolute atomic E-state index is 3.74. The van der Waals surface area contributed by atoms with Gasteiger partial charge in [-0.25, -0.2) is 0 Å². The van der Waals surface area contributed by atoms with E-state index >= 15 is 0 Å². The van der Waals surface area contributed by atoms with E-state index in [2.05, 4.69) is 46.4 Å². The van der Waals surface area contributed by atoms with Crippen LogP contribution < -0.4 is 0 Å². The highest BCUT2D eigenvalue weighted by molar-refractivity contribution is 5.15. The van der Waals surface area contributed by atoms with Crippen LogP contribution in [0.3, 0.4) is 0 Å². The summed E-state index contributed by atoms with van der Waals surface area (Å²) in [6, 6.07) is 0. The lowest BCUT2D eigenvalue weighted by Crippen LogP contribution is -1.87. The topological polar surface area (TPSA) is 0 Å². The first-order chi connectivity index (χ1) is 7.06. The molecule has 0 N–H and O–H groups in total. The highest BCUT2D eigenvalue weighted by Gasteiger charge is 1.94. The van der Waals surface area contributed by atoms with Crippen molar-refractivity contribution in [1.82, 2.24) is 0 Å². The fourth-order valence-electron chi connectivity index (χ4n) is 1.42. The van der Waals surface area contributed by atoms with E-state index in [-0.39, 0.29) is 0 Å². The van der Waals surface area contributed by atoms with E-state index < -0.39 is 0 Å². The van der Waals surface area contributed by atoms with Crippen LogP contribution in [-0.2, 0) is 0 Å². The number of allylic oxidation sites excluding steroid dienone is 5. The average molecular weight is 206 g/mol. The van der Waals surface area contributed by atoms with Gasteiger partial charge in [0.2, 0.25) is 0 Å². The summed E-state index contributed by atoms with van der Waals surface area (Å²) < 4.78 is 0. The zero-order chi connectivity index (χ0) is 11.7. The number of rotatable bonds is 7. The van der Waals surface area contributed by atoms with Crippen molar-refractivity contribution in [3.8, 4) is 0 Å². The molecular formula is C15H26. The van der Waals surface area contributed by atoms with E-state index in [1.165, 1.54) is 30.4 Å². The van der Waals surface area contributed by atoms with E-state index in [0.29, 0.717) is 0 Å². The molecule has 0 aliphatic heterocycles. The van der Waals surface area contributed by atoms with Crippen molar-refractivity contribution >= 4 is 0 Å². The Morgan fingerprint density at radius 1 is 1.20 bits per heavy atom. The van der Waals surface area contributed by atoms with Gasteiger partial charge in [-0.1, -0.05) is 56.2 Å². The molecule has 0 radical (unpaired) electrons. The Morgan fingerprint density at radius 2 is 1.87 bits per heavy atom. The second-order valence-corrected chi connectivity index (χ2v) is 4.72. The molecule has 86 valence electrons. The average Bonchev–Trinajstić information content (AvgIpc) is 2.17. The highest BCUT2D eigenvalue weighted by Crippen LogP contribution is 2.12. The summed E-state index contributed by atoms with van der Waals surface area (Å²) in [5.41, 5.74) is 2.78. The molecule has 0 bridgehead atoms. The zero-order valence-electron chi connectivity index (χ0n) is 10.8. The number of hydrogen-bond acceptors (Lipinski definition) is 0. The summed E-state index contributed by atoms with van der Waals surface area (Å²) in [5, 5.41) is 0. The predicted octanol–water partition coefficient (Wildman–Crippen LogP) is 5.28. The summed E-state index contributed by atoms with van der Waals surface area (Å²) in [6.07, 6.45) is 11.4. The van der Waals surface area contributed by atoms with Gasteiger partial charge in [-0.05, 0) is 39.0 Å². The molecule has 0 rings (SSSR count). The molecule has 0 amide bonds. The van der Waals surface area contributed by atoms with Gasteiger partial charge in [-0.15, -0.1) is 0 Å². The molecule has 0 heteroatoms. The van der Waals surface area contributed by atoms with Gasteiger partial charge in [-0.2, -0.15) is 0 Å². The highest BCUT2D eigenvalue weighted by atomic mass is 14.0. The van der Waals surface area contributed by atoms with Gasteiger partial charge in [0.1, 0.15) is 0 Å². The summed E-state index contributed by atoms with van der Waals surface area (Å²) in [6.45, 7) is 12.6. The Kier molecular flexibility index (Phi) is 8.08. The first kappa shape index (κ1) is 14.2. The van der Waals surface area contributed by atoms with Gasteiger partial charge in [0.15, 0.2) is 0 Å². The quantitative estimate of drug-likeness (QED) is 0.392. The van der Waals surface area contributed by atoms with Crippen LogP contribution in [0, 0.1) is 5.92 Å². The van der Waals surface area contributed by atoms with Crippen molar-refractivity contribution in [3.63, 3.8) is 0 Å². The van der Waals surface area contributed by atoms with Crippen molar-refractivity contribution in [2.45, 2.75) is 53.4 Å². The molecule has 0 saturated heterocycles. The molecule has 0 aromatic heterocycles. The van der Waals surface area contributed by atoms with E-state index in [9.17, 15) is 0 Å². The van der Waals surface area contributed by atoms with Gasteiger partial charge in [0.05, 0.1) is 0 Å². The van der Waals surface area contributed by atoms with Crippen molar-refractivity contribution < 1.29 is 0 Å². The van der Waals surface area contributed by atoms with Crippen molar-refractivity contribution in [1.29, 1.82) is 0 Å². The normalized spacial score (nSPS) is 13.4. The lowest BCUT2D eigenvalue weighted by molar-refractivity contribution is 0.554. The second kappa shape index (κ2) is 8.52. The Hall–Kier alpha value is -0.780. The lowest BCUT2D eigenvalue weighted by Gasteiger charge is -2.04. The molecule has 0 aliphatic rings. The van der Waals surface area contributed by atoms with E-state index in [1.54, 1.807) is 0 Å². The zero-order valence-corrected chi connectivity index (χ0v) is 10.8. The summed E-state index contributed by atoms with van der Waals surface area (Å²) in [7, 11) is 0.